The van der Waals surface area contributed by atoms with Gasteiger partial charge in [0.15, 0.2) is 0 Å². The first-order valence-corrected chi connectivity index (χ1v) is 7.20. The molecule has 0 radical (unpaired) electrons. The van der Waals surface area contributed by atoms with Crippen molar-refractivity contribution in [3.63, 3.8) is 0 Å². The Kier molecular flexibility index (Phi) is 4.81. The average molecular weight is 270 g/mol. The number of hydrogen-bond acceptors (Lipinski definition) is 2. The van der Waals surface area contributed by atoms with Crippen LogP contribution in [0.15, 0.2) is 18.2 Å². The maximum absolute atomic E-state index is 12.6. The predicted octanol–water partition coefficient (Wildman–Crippen LogP) is 2.18. The Morgan fingerprint density at radius 3 is 2.75 bits per heavy atom. The van der Waals surface area contributed by atoms with Gasteiger partial charge in [-0.15, -0.1) is 0 Å². The second-order valence-corrected chi connectivity index (χ2v) is 5.53. The number of hydrogen-bond donors (Lipinski definition) is 1. The van der Waals surface area contributed by atoms with Crippen LogP contribution in [0.25, 0.3) is 0 Å². The summed E-state index contributed by atoms with van der Waals surface area (Å²) in [4.78, 5) is 14.6. The summed E-state index contributed by atoms with van der Waals surface area (Å²) in [5, 5.41) is 0. The van der Waals surface area contributed by atoms with E-state index in [2.05, 4.69) is 18.8 Å². The molecule has 1 saturated heterocycles. The molecule has 1 aliphatic rings. The number of likely N-dealkylation sites (tertiary alicyclic amines) is 1. The molecule has 3 heteroatoms. The van der Waals surface area contributed by atoms with Crippen LogP contribution in [0.3, 0.4) is 0 Å². The van der Waals surface area contributed by atoms with Crippen LogP contribution in [0, 0.1) is 24.7 Å². The van der Waals surface area contributed by atoms with Gasteiger partial charge in [-0.25, -0.2) is 0 Å². The summed E-state index contributed by atoms with van der Waals surface area (Å²) in [6.07, 6.45) is 2.17. The first-order chi connectivity index (χ1) is 9.61. The number of carbonyl (C=O) groups is 1. The van der Waals surface area contributed by atoms with Crippen molar-refractivity contribution in [1.82, 2.24) is 4.90 Å². The van der Waals surface area contributed by atoms with E-state index < -0.39 is 0 Å². The molecule has 106 valence electrons. The van der Waals surface area contributed by atoms with Crippen LogP contribution in [0.5, 0.6) is 0 Å². The van der Waals surface area contributed by atoms with Gasteiger partial charge in [-0.2, -0.15) is 0 Å². The van der Waals surface area contributed by atoms with Crippen LogP contribution >= 0.6 is 0 Å². The maximum Gasteiger partial charge on any atom is 0.255 e. The quantitative estimate of drug-likeness (QED) is 0.795. The molecule has 0 atom stereocenters. The molecule has 1 aliphatic heterocycles. The molecule has 0 aliphatic carbocycles. The Labute approximate surface area is 121 Å². The normalized spacial score (nSPS) is 15.7. The molecule has 1 fully saturated rings. The highest BCUT2D eigenvalue weighted by molar-refractivity contribution is 5.97. The van der Waals surface area contributed by atoms with Gasteiger partial charge in [0.1, 0.15) is 0 Å². The van der Waals surface area contributed by atoms with E-state index in [9.17, 15) is 4.79 Å². The van der Waals surface area contributed by atoms with Crippen molar-refractivity contribution in [2.45, 2.75) is 26.7 Å². The number of piperidine rings is 1. The van der Waals surface area contributed by atoms with E-state index in [1.54, 1.807) is 0 Å². The monoisotopic (exact) mass is 270 g/mol. The largest absolute Gasteiger partial charge is 0.339 e. The summed E-state index contributed by atoms with van der Waals surface area (Å²) in [6.45, 7) is 6.24. The van der Waals surface area contributed by atoms with Crippen molar-refractivity contribution in [3.05, 3.63) is 34.9 Å². The molecule has 20 heavy (non-hydrogen) atoms. The number of carbonyl (C=O) groups excluding carboxylic acids is 1. The molecule has 0 bridgehead atoms. The van der Waals surface area contributed by atoms with Crippen molar-refractivity contribution >= 4 is 5.91 Å². The van der Waals surface area contributed by atoms with Gasteiger partial charge < -0.3 is 10.6 Å². The van der Waals surface area contributed by atoms with E-state index in [1.807, 2.05) is 30.0 Å². The number of benzene rings is 1. The second-order valence-electron chi connectivity index (χ2n) is 5.53. The number of aryl methyl sites for hydroxylation is 1. The Morgan fingerprint density at radius 2 is 2.10 bits per heavy atom. The molecule has 0 spiro atoms. The van der Waals surface area contributed by atoms with Crippen LogP contribution in [0.1, 0.15) is 41.3 Å². The highest BCUT2D eigenvalue weighted by Crippen LogP contribution is 2.20. The third-order valence-electron chi connectivity index (χ3n) is 3.80. The van der Waals surface area contributed by atoms with Crippen molar-refractivity contribution in [2.24, 2.45) is 11.7 Å². The first-order valence-electron chi connectivity index (χ1n) is 7.20. The minimum atomic E-state index is 0.0956. The molecule has 3 nitrogen and oxygen atoms in total. The number of nitrogens with zero attached hydrogens (tertiary/aromatic N) is 1. The minimum absolute atomic E-state index is 0.0956. The van der Waals surface area contributed by atoms with Crippen molar-refractivity contribution < 1.29 is 4.79 Å². The molecule has 2 rings (SSSR count). The first kappa shape index (κ1) is 14.6. The van der Waals surface area contributed by atoms with Crippen LogP contribution < -0.4 is 5.73 Å². The van der Waals surface area contributed by atoms with Crippen LogP contribution in [0.4, 0.5) is 0 Å². The predicted molar refractivity (Wildman–Crippen MR) is 81.4 cm³/mol. The van der Waals surface area contributed by atoms with E-state index in [4.69, 9.17) is 5.73 Å². The fraction of sp³-hybridized carbons (Fsp3) is 0.471. The lowest BCUT2D eigenvalue weighted by Crippen LogP contribution is -2.38. The van der Waals surface area contributed by atoms with E-state index in [1.165, 1.54) is 0 Å². The van der Waals surface area contributed by atoms with Gasteiger partial charge in [0.2, 0.25) is 0 Å². The third-order valence-corrected chi connectivity index (χ3v) is 3.80. The Hall–Kier alpha value is -1.79. The van der Waals surface area contributed by atoms with Crippen LogP contribution in [-0.4, -0.2) is 30.4 Å². The lowest BCUT2D eigenvalue weighted by molar-refractivity contribution is 0.0697. The van der Waals surface area contributed by atoms with Gasteiger partial charge in [-0.1, -0.05) is 24.8 Å². The summed E-state index contributed by atoms with van der Waals surface area (Å²) in [5.41, 5.74) is 8.03. The van der Waals surface area contributed by atoms with E-state index in [0.29, 0.717) is 18.0 Å². The zero-order chi connectivity index (χ0) is 14.5. The molecule has 0 aromatic heterocycles. The smallest absolute Gasteiger partial charge is 0.255 e. The van der Waals surface area contributed by atoms with E-state index in [0.717, 1.165) is 37.1 Å². The number of nitrogens with two attached hydrogens (primary N) is 1. The molecule has 0 unspecified atom stereocenters. The van der Waals surface area contributed by atoms with Gasteiger partial charge in [0.25, 0.3) is 5.91 Å². The summed E-state index contributed by atoms with van der Waals surface area (Å²) in [6, 6.07) is 5.81. The highest BCUT2D eigenvalue weighted by atomic mass is 16.2. The average Bonchev–Trinajstić information content (AvgIpc) is 2.45. The minimum Gasteiger partial charge on any atom is -0.339 e. The molecule has 1 aromatic rings. The second kappa shape index (κ2) is 6.58. The highest BCUT2D eigenvalue weighted by Gasteiger charge is 2.22. The standard InChI is InChI=1S/C17H22N2O/c1-13-7-10-19(11-8-13)17(20)16-6-5-14(2)12-15(16)4-3-9-18/h5-6,12-13H,7-11,18H2,1-2H3. The lowest BCUT2D eigenvalue weighted by atomic mass is 9.97. The topological polar surface area (TPSA) is 46.3 Å². The number of rotatable bonds is 1. The van der Waals surface area contributed by atoms with E-state index in [-0.39, 0.29) is 5.91 Å². The van der Waals surface area contributed by atoms with Gasteiger partial charge in [0, 0.05) is 18.7 Å². The maximum atomic E-state index is 12.6. The zero-order valence-corrected chi connectivity index (χ0v) is 12.3. The van der Waals surface area contributed by atoms with Crippen molar-refractivity contribution in [1.29, 1.82) is 0 Å². The van der Waals surface area contributed by atoms with Gasteiger partial charge in [-0.05, 0) is 43.4 Å². The molecule has 1 heterocycles. The van der Waals surface area contributed by atoms with Crippen LogP contribution in [0.2, 0.25) is 0 Å². The van der Waals surface area contributed by atoms with Gasteiger partial charge in [0.05, 0.1) is 12.1 Å². The molecule has 1 aromatic carbocycles. The number of amides is 1. The fourth-order valence-electron chi connectivity index (χ4n) is 2.48. The molecule has 0 saturated carbocycles. The Balaban J connectivity index is 2.25. The summed E-state index contributed by atoms with van der Waals surface area (Å²) >= 11 is 0. The van der Waals surface area contributed by atoms with E-state index >= 15 is 0 Å². The van der Waals surface area contributed by atoms with Gasteiger partial charge in [-0.3, -0.25) is 4.79 Å². The summed E-state index contributed by atoms with van der Waals surface area (Å²) in [7, 11) is 0. The lowest BCUT2D eigenvalue weighted by Gasteiger charge is -2.30. The zero-order valence-electron chi connectivity index (χ0n) is 12.3. The summed E-state index contributed by atoms with van der Waals surface area (Å²) in [5.74, 6) is 6.68. The molecule has 1 amide bonds. The van der Waals surface area contributed by atoms with Crippen molar-refractivity contribution in [2.75, 3.05) is 19.6 Å². The van der Waals surface area contributed by atoms with Gasteiger partial charge >= 0.3 is 0 Å². The molecular formula is C17H22N2O. The molecule has 2 N–H and O–H groups in total. The molecular weight excluding hydrogens is 248 g/mol. The van der Waals surface area contributed by atoms with Crippen molar-refractivity contribution in [3.8, 4) is 11.8 Å². The third kappa shape index (κ3) is 3.40. The Morgan fingerprint density at radius 1 is 1.40 bits per heavy atom. The van der Waals surface area contributed by atoms with Crippen LogP contribution in [-0.2, 0) is 0 Å². The summed E-state index contributed by atoms with van der Waals surface area (Å²) < 4.78 is 0. The fourth-order valence-corrected chi connectivity index (χ4v) is 2.48. The SMILES string of the molecule is Cc1ccc(C(=O)N2CCC(C)CC2)c(C#CCN)c1. The Bertz CT molecular complexity index is 546.